The van der Waals surface area contributed by atoms with Crippen LogP contribution in [0, 0.1) is 6.92 Å². The van der Waals surface area contributed by atoms with Crippen LogP contribution in [0.4, 0.5) is 0 Å². The monoisotopic (exact) mass is 604 g/mol. The van der Waals surface area contributed by atoms with Crippen LogP contribution in [0.15, 0.2) is 57.1 Å². The minimum Gasteiger partial charge on any atom is -0.330 e. The first kappa shape index (κ1) is 27.1. The predicted molar refractivity (Wildman–Crippen MR) is 157 cm³/mol. The lowest BCUT2D eigenvalue weighted by Gasteiger charge is -2.34. The Morgan fingerprint density at radius 3 is 2.38 bits per heavy atom. The molecule has 5 rings (SSSR count). The van der Waals surface area contributed by atoms with Crippen LogP contribution in [0.25, 0.3) is 16.5 Å². The third-order valence-electron chi connectivity index (χ3n) is 7.12. The smallest absolute Gasteiger partial charge is 0.262 e. The van der Waals surface area contributed by atoms with Gasteiger partial charge in [0, 0.05) is 32.6 Å². The lowest BCUT2D eigenvalue weighted by atomic mass is 9.98. The lowest BCUT2D eigenvalue weighted by Crippen LogP contribution is -2.46. The summed E-state index contributed by atoms with van der Waals surface area (Å²) in [5.41, 5.74) is 4.71. The molecule has 2 aromatic heterocycles. The first-order chi connectivity index (χ1) is 18.5. The van der Waals surface area contributed by atoms with Crippen molar-refractivity contribution in [3.63, 3.8) is 0 Å². The number of Topliss-reactive ketones (excluding diaryl/α,β-unsaturated/α-hetero) is 1. The van der Waals surface area contributed by atoms with Gasteiger partial charge in [-0.25, -0.2) is 9.97 Å². The van der Waals surface area contributed by atoms with Gasteiger partial charge in [-0.05, 0) is 81.1 Å². The fourth-order valence-electron chi connectivity index (χ4n) is 4.76. The number of hydrogen-bond acceptors (Lipinski definition) is 6. The number of thiazole rings is 1. The molecule has 200 valence electrons. The highest BCUT2D eigenvalue weighted by molar-refractivity contribution is 9.10. The summed E-state index contributed by atoms with van der Waals surface area (Å²) in [6, 6.07) is 12.4. The summed E-state index contributed by atoms with van der Waals surface area (Å²) >= 11 is 4.94. The highest BCUT2D eigenvalue weighted by Gasteiger charge is 2.32. The predicted octanol–water partition coefficient (Wildman–Crippen LogP) is 6.34. The number of carbonyl (C=O) groups excluding carboxylic acids is 2. The van der Waals surface area contributed by atoms with Crippen molar-refractivity contribution in [2.75, 3.05) is 0 Å². The van der Waals surface area contributed by atoms with Gasteiger partial charge in [0.2, 0.25) is 0 Å². The highest BCUT2D eigenvalue weighted by atomic mass is 79.9. The second-order valence-corrected chi connectivity index (χ2v) is 12.0. The second kappa shape index (κ2) is 10.6. The van der Waals surface area contributed by atoms with Crippen LogP contribution in [0.5, 0.6) is 0 Å². The number of halogens is 1. The third kappa shape index (κ3) is 5.13. The summed E-state index contributed by atoms with van der Waals surface area (Å²) in [7, 11) is 0. The number of hydrogen-bond donors (Lipinski definition) is 0. The topological polar surface area (TPSA) is 85.2 Å². The van der Waals surface area contributed by atoms with Crippen molar-refractivity contribution in [3.05, 3.63) is 96.3 Å². The number of carbonyl (C=O) groups is 2. The Kier molecular flexibility index (Phi) is 7.39. The van der Waals surface area contributed by atoms with E-state index in [0.717, 1.165) is 15.7 Å². The number of benzene rings is 2. The Bertz CT molecular complexity index is 1660. The van der Waals surface area contributed by atoms with Gasteiger partial charge in [-0.2, -0.15) is 0 Å². The molecule has 3 heterocycles. The molecule has 4 aromatic rings. The second-order valence-electron chi connectivity index (χ2n) is 10.3. The Morgan fingerprint density at radius 2 is 1.77 bits per heavy atom. The summed E-state index contributed by atoms with van der Waals surface area (Å²) in [6.45, 7) is 9.80. The van der Waals surface area contributed by atoms with E-state index in [1.54, 1.807) is 33.7 Å². The standard InChI is InChI=1S/C30H29BrN4O3S/c1-16(2)26-15-39-28(33-26)27-32-25-14-34(29(37)21-8-11-24(31)17(3)12-21)18(4)13-23(25)30(38)35(27)22-9-6-20(7-10-22)19(5)36/h6-12,15-16,18H,13-14H2,1-5H3. The molecule has 9 heteroatoms. The molecule has 1 amide bonds. The fraction of sp³-hybridized carbons (Fsp3) is 0.300. The summed E-state index contributed by atoms with van der Waals surface area (Å²) < 4.78 is 2.54. The van der Waals surface area contributed by atoms with Crippen molar-refractivity contribution in [1.29, 1.82) is 0 Å². The van der Waals surface area contributed by atoms with Crippen LogP contribution in [-0.4, -0.2) is 37.2 Å². The number of ketones is 1. The minimum absolute atomic E-state index is 0.0428. The normalized spacial score (nSPS) is 14.9. The Hall–Kier alpha value is -3.43. The zero-order valence-corrected chi connectivity index (χ0v) is 24.9. The molecule has 0 spiro atoms. The van der Waals surface area contributed by atoms with Crippen LogP contribution in [0.1, 0.15) is 76.8 Å². The SMILES string of the molecule is CC(=O)c1ccc(-n2c(-c3nc(C(C)C)cs3)nc3c(c2=O)CC(C)N(C(=O)c2ccc(Br)c(C)c2)C3)cc1. The first-order valence-electron chi connectivity index (χ1n) is 12.8. The third-order valence-corrected chi connectivity index (χ3v) is 8.86. The van der Waals surface area contributed by atoms with Crippen LogP contribution in [-0.2, 0) is 13.0 Å². The van der Waals surface area contributed by atoms with E-state index < -0.39 is 0 Å². The van der Waals surface area contributed by atoms with E-state index in [4.69, 9.17) is 9.97 Å². The van der Waals surface area contributed by atoms with Gasteiger partial charge < -0.3 is 4.90 Å². The zero-order valence-electron chi connectivity index (χ0n) is 22.5. The van der Waals surface area contributed by atoms with Crippen molar-refractivity contribution in [2.45, 2.75) is 59.5 Å². The van der Waals surface area contributed by atoms with Gasteiger partial charge in [0.1, 0.15) is 0 Å². The average Bonchev–Trinajstić information content (AvgIpc) is 3.41. The van der Waals surface area contributed by atoms with E-state index in [9.17, 15) is 14.4 Å². The molecule has 0 aliphatic carbocycles. The van der Waals surface area contributed by atoms with Gasteiger partial charge in [0.05, 0.1) is 23.6 Å². The summed E-state index contributed by atoms with van der Waals surface area (Å²) in [5.74, 6) is 0.532. The summed E-state index contributed by atoms with van der Waals surface area (Å²) in [4.78, 5) is 51.0. The Balaban J connectivity index is 1.63. The molecule has 1 aliphatic heterocycles. The quantitative estimate of drug-likeness (QED) is 0.248. The maximum atomic E-state index is 14.1. The number of aryl methyl sites for hydroxylation is 1. The number of aromatic nitrogens is 3. The van der Waals surface area contributed by atoms with Crippen LogP contribution >= 0.6 is 27.3 Å². The lowest BCUT2D eigenvalue weighted by molar-refractivity contribution is 0.0653. The number of nitrogens with zero attached hydrogens (tertiary/aromatic N) is 4. The molecule has 0 fully saturated rings. The van der Waals surface area contributed by atoms with Gasteiger partial charge in [0.25, 0.3) is 11.5 Å². The van der Waals surface area contributed by atoms with E-state index in [1.807, 2.05) is 37.4 Å². The van der Waals surface area contributed by atoms with E-state index in [-0.39, 0.29) is 35.8 Å². The molecule has 0 saturated heterocycles. The van der Waals surface area contributed by atoms with Gasteiger partial charge in [-0.15, -0.1) is 11.3 Å². The van der Waals surface area contributed by atoms with Gasteiger partial charge in [-0.1, -0.05) is 29.8 Å². The fourth-order valence-corrected chi connectivity index (χ4v) is 5.96. The average molecular weight is 606 g/mol. The molecule has 39 heavy (non-hydrogen) atoms. The molecule has 0 N–H and O–H groups in total. The molecule has 0 saturated carbocycles. The molecule has 1 atom stereocenters. The first-order valence-corrected chi connectivity index (χ1v) is 14.5. The van der Waals surface area contributed by atoms with E-state index in [0.29, 0.717) is 45.3 Å². The maximum absolute atomic E-state index is 14.1. The highest BCUT2D eigenvalue weighted by Crippen LogP contribution is 2.30. The Labute approximate surface area is 239 Å². The van der Waals surface area contributed by atoms with Crippen molar-refractivity contribution < 1.29 is 9.59 Å². The minimum atomic E-state index is -0.185. The summed E-state index contributed by atoms with van der Waals surface area (Å²) in [5, 5.41) is 2.62. The molecule has 1 aliphatic rings. The van der Waals surface area contributed by atoms with Crippen molar-refractivity contribution in [1.82, 2.24) is 19.4 Å². The number of amides is 1. The van der Waals surface area contributed by atoms with Crippen LogP contribution < -0.4 is 5.56 Å². The molecule has 1 unspecified atom stereocenters. The number of rotatable bonds is 5. The molecule has 0 radical (unpaired) electrons. The molecule has 2 aromatic carbocycles. The molecular formula is C30H29BrN4O3S. The molecule has 7 nitrogen and oxygen atoms in total. The summed E-state index contributed by atoms with van der Waals surface area (Å²) in [6.07, 6.45) is 0.392. The van der Waals surface area contributed by atoms with E-state index in [1.165, 1.54) is 18.3 Å². The van der Waals surface area contributed by atoms with Crippen LogP contribution in [0.2, 0.25) is 0 Å². The number of fused-ring (bicyclic) bond motifs is 1. The van der Waals surface area contributed by atoms with Crippen molar-refractivity contribution >= 4 is 39.0 Å². The van der Waals surface area contributed by atoms with Gasteiger partial charge in [-0.3, -0.25) is 19.0 Å². The maximum Gasteiger partial charge on any atom is 0.262 e. The van der Waals surface area contributed by atoms with E-state index in [2.05, 4.69) is 29.8 Å². The van der Waals surface area contributed by atoms with Gasteiger partial charge in [0.15, 0.2) is 16.6 Å². The van der Waals surface area contributed by atoms with Gasteiger partial charge >= 0.3 is 0 Å². The van der Waals surface area contributed by atoms with Crippen molar-refractivity contribution in [3.8, 4) is 16.5 Å². The zero-order chi connectivity index (χ0) is 28.0. The van der Waals surface area contributed by atoms with E-state index >= 15 is 0 Å². The Morgan fingerprint density at radius 1 is 1.08 bits per heavy atom. The van der Waals surface area contributed by atoms with Crippen molar-refractivity contribution in [2.24, 2.45) is 0 Å². The largest absolute Gasteiger partial charge is 0.330 e. The van der Waals surface area contributed by atoms with Crippen LogP contribution in [0.3, 0.4) is 0 Å². The molecular weight excluding hydrogens is 576 g/mol. The molecule has 0 bridgehead atoms.